The monoisotopic (exact) mass is 438 g/mol. The first-order chi connectivity index (χ1) is 11.7. The van der Waals surface area contributed by atoms with Crippen LogP contribution in [0.1, 0.15) is 0 Å². The molecule has 24 heavy (non-hydrogen) atoms. The third kappa shape index (κ3) is 9.01. The van der Waals surface area contributed by atoms with Gasteiger partial charge in [0.15, 0.2) is 0 Å². The van der Waals surface area contributed by atoms with E-state index in [0.29, 0.717) is 10.3 Å². The van der Waals surface area contributed by atoms with Crippen molar-refractivity contribution in [3.63, 3.8) is 0 Å². The molecule has 0 atom stereocenters. The van der Waals surface area contributed by atoms with Crippen molar-refractivity contribution in [2.75, 3.05) is 34.5 Å². The van der Waals surface area contributed by atoms with Gasteiger partial charge in [-0.25, -0.2) is 9.97 Å². The Hall–Kier alpha value is 0.140. The number of thioether (sulfide) groups is 4. The lowest BCUT2D eigenvalue weighted by molar-refractivity contribution is 1.06. The SMILES string of the molecule is Clc1cncc(SCCSCCSCCSc2cncc(Cl)n2)n1. The van der Waals surface area contributed by atoms with Gasteiger partial charge in [0.2, 0.25) is 0 Å². The fraction of sp³-hybridized carbons (Fsp3) is 0.429. The molecule has 0 aliphatic rings. The molecule has 0 spiro atoms. The highest BCUT2D eigenvalue weighted by Crippen LogP contribution is 2.20. The van der Waals surface area contributed by atoms with Crippen LogP contribution in [0.5, 0.6) is 0 Å². The van der Waals surface area contributed by atoms with Crippen molar-refractivity contribution in [3.05, 3.63) is 35.1 Å². The number of aromatic nitrogens is 4. The highest BCUT2D eigenvalue weighted by atomic mass is 35.5. The third-order valence-corrected chi connectivity index (χ3v) is 7.41. The molecule has 0 aliphatic carbocycles. The van der Waals surface area contributed by atoms with Crippen molar-refractivity contribution in [2.24, 2.45) is 0 Å². The highest BCUT2D eigenvalue weighted by molar-refractivity contribution is 8.05. The standard InChI is InChI=1S/C14H16Cl2N4S4/c15-11-7-17-9-13(19-11)23-5-3-21-1-2-22-4-6-24-14-10-18-8-12(16)20-14/h7-10H,1-6H2. The van der Waals surface area contributed by atoms with Gasteiger partial charge in [-0.2, -0.15) is 23.5 Å². The smallest absolute Gasteiger partial charge is 0.148 e. The molecule has 0 fully saturated rings. The molecule has 4 nitrogen and oxygen atoms in total. The molecule has 2 aromatic heterocycles. The van der Waals surface area contributed by atoms with Crippen LogP contribution in [-0.4, -0.2) is 54.5 Å². The molecule has 0 radical (unpaired) electrons. The van der Waals surface area contributed by atoms with Gasteiger partial charge in [0.1, 0.15) is 20.4 Å². The van der Waals surface area contributed by atoms with Gasteiger partial charge in [-0.15, -0.1) is 23.5 Å². The van der Waals surface area contributed by atoms with Gasteiger partial charge in [0.05, 0.1) is 24.8 Å². The van der Waals surface area contributed by atoms with E-state index in [0.717, 1.165) is 44.6 Å². The lowest BCUT2D eigenvalue weighted by atomic mass is 10.8. The average Bonchev–Trinajstić information content (AvgIpc) is 2.57. The van der Waals surface area contributed by atoms with Crippen LogP contribution in [-0.2, 0) is 0 Å². The van der Waals surface area contributed by atoms with Crippen LogP contribution < -0.4 is 0 Å². The highest BCUT2D eigenvalue weighted by Gasteiger charge is 2.00. The van der Waals surface area contributed by atoms with E-state index in [1.807, 2.05) is 23.5 Å². The molecule has 130 valence electrons. The quantitative estimate of drug-likeness (QED) is 0.361. The second kappa shape index (κ2) is 12.5. The van der Waals surface area contributed by atoms with Crippen molar-refractivity contribution < 1.29 is 0 Å². The number of rotatable bonds is 11. The minimum absolute atomic E-state index is 0.450. The van der Waals surface area contributed by atoms with Gasteiger partial charge in [-0.1, -0.05) is 23.2 Å². The largest absolute Gasteiger partial charge is 0.259 e. The first-order valence-corrected chi connectivity index (χ1v) is 12.1. The lowest BCUT2D eigenvalue weighted by Gasteiger charge is -2.03. The fourth-order valence-electron chi connectivity index (χ4n) is 1.52. The van der Waals surface area contributed by atoms with Crippen LogP contribution in [0.4, 0.5) is 0 Å². The number of hydrogen-bond acceptors (Lipinski definition) is 8. The van der Waals surface area contributed by atoms with Crippen LogP contribution in [0.3, 0.4) is 0 Å². The van der Waals surface area contributed by atoms with Gasteiger partial charge < -0.3 is 0 Å². The van der Waals surface area contributed by atoms with Crippen LogP contribution in [0, 0.1) is 0 Å². The Morgan fingerprint density at radius 2 is 1.04 bits per heavy atom. The Kier molecular flexibility index (Phi) is 10.6. The topological polar surface area (TPSA) is 51.6 Å². The zero-order valence-electron chi connectivity index (χ0n) is 12.7. The van der Waals surface area contributed by atoms with Crippen molar-refractivity contribution in [1.82, 2.24) is 19.9 Å². The van der Waals surface area contributed by atoms with E-state index in [9.17, 15) is 0 Å². The first-order valence-electron chi connectivity index (χ1n) is 7.10. The Bertz CT molecular complexity index is 567. The van der Waals surface area contributed by atoms with Crippen molar-refractivity contribution in [2.45, 2.75) is 10.1 Å². The predicted octanol–water partition coefficient (Wildman–Crippen LogP) is 4.92. The van der Waals surface area contributed by atoms with Crippen LogP contribution in [0.25, 0.3) is 0 Å². The maximum atomic E-state index is 5.80. The number of halogens is 2. The Morgan fingerprint density at radius 1 is 0.625 bits per heavy atom. The third-order valence-electron chi connectivity index (χ3n) is 2.49. The molecule has 2 aromatic rings. The predicted molar refractivity (Wildman–Crippen MR) is 110 cm³/mol. The molecule has 2 rings (SSSR count). The van der Waals surface area contributed by atoms with Gasteiger partial charge in [0, 0.05) is 34.5 Å². The van der Waals surface area contributed by atoms with E-state index in [-0.39, 0.29) is 0 Å². The summed E-state index contributed by atoms with van der Waals surface area (Å²) in [6.45, 7) is 0. The Balaban J connectivity index is 1.42. The number of hydrogen-bond donors (Lipinski definition) is 0. The van der Waals surface area contributed by atoms with E-state index < -0.39 is 0 Å². The van der Waals surface area contributed by atoms with Crippen LogP contribution in [0.15, 0.2) is 34.8 Å². The molecule has 0 N–H and O–H groups in total. The van der Waals surface area contributed by atoms with E-state index >= 15 is 0 Å². The van der Waals surface area contributed by atoms with E-state index in [1.54, 1.807) is 48.3 Å². The van der Waals surface area contributed by atoms with Crippen molar-refractivity contribution in [1.29, 1.82) is 0 Å². The molecular weight excluding hydrogens is 423 g/mol. The molecule has 0 aliphatic heterocycles. The second-order valence-corrected chi connectivity index (χ2v) is 9.74. The minimum atomic E-state index is 0.450. The maximum Gasteiger partial charge on any atom is 0.148 e. The Labute approximate surface area is 169 Å². The summed E-state index contributed by atoms with van der Waals surface area (Å²) in [5.41, 5.74) is 0. The lowest BCUT2D eigenvalue weighted by Crippen LogP contribution is -1.93. The normalized spacial score (nSPS) is 10.9. The summed E-state index contributed by atoms with van der Waals surface area (Å²) in [6, 6.07) is 0. The van der Waals surface area contributed by atoms with Crippen molar-refractivity contribution in [3.8, 4) is 0 Å². The molecule has 0 saturated heterocycles. The van der Waals surface area contributed by atoms with E-state index in [4.69, 9.17) is 23.2 Å². The summed E-state index contributed by atoms with van der Waals surface area (Å²) in [6.07, 6.45) is 6.60. The van der Waals surface area contributed by atoms with Crippen LogP contribution >= 0.6 is 70.2 Å². The van der Waals surface area contributed by atoms with E-state index in [2.05, 4.69) is 19.9 Å². The zero-order chi connectivity index (χ0) is 17.0. The summed E-state index contributed by atoms with van der Waals surface area (Å²) in [7, 11) is 0. The summed E-state index contributed by atoms with van der Waals surface area (Å²) in [5.74, 6) is 6.57. The fourth-order valence-corrected chi connectivity index (χ4v) is 5.89. The minimum Gasteiger partial charge on any atom is -0.259 e. The first kappa shape index (κ1) is 20.5. The van der Waals surface area contributed by atoms with Crippen LogP contribution in [0.2, 0.25) is 10.3 Å². The summed E-state index contributed by atoms with van der Waals surface area (Å²) >= 11 is 18.9. The average molecular weight is 439 g/mol. The summed E-state index contributed by atoms with van der Waals surface area (Å²) in [4.78, 5) is 16.5. The zero-order valence-corrected chi connectivity index (χ0v) is 17.5. The Morgan fingerprint density at radius 3 is 1.46 bits per heavy atom. The molecular formula is C14H16Cl2N4S4. The van der Waals surface area contributed by atoms with Gasteiger partial charge >= 0.3 is 0 Å². The molecule has 0 unspecified atom stereocenters. The number of nitrogens with zero attached hydrogens (tertiary/aromatic N) is 4. The van der Waals surface area contributed by atoms with Crippen molar-refractivity contribution >= 4 is 70.2 Å². The maximum absolute atomic E-state index is 5.80. The summed E-state index contributed by atoms with van der Waals surface area (Å²) in [5, 5.41) is 2.67. The van der Waals surface area contributed by atoms with Gasteiger partial charge in [-0.05, 0) is 0 Å². The van der Waals surface area contributed by atoms with Gasteiger partial charge in [0.25, 0.3) is 0 Å². The molecule has 0 aromatic carbocycles. The summed E-state index contributed by atoms with van der Waals surface area (Å²) < 4.78 is 0. The molecule has 10 heteroatoms. The van der Waals surface area contributed by atoms with Gasteiger partial charge in [-0.3, -0.25) is 9.97 Å². The van der Waals surface area contributed by atoms with E-state index in [1.165, 1.54) is 0 Å². The molecule has 0 bridgehead atoms. The molecule has 0 saturated carbocycles. The molecule has 0 amide bonds. The molecule has 2 heterocycles. The second-order valence-electron chi connectivity index (χ2n) is 4.28.